The van der Waals surface area contributed by atoms with Gasteiger partial charge in [-0.3, -0.25) is 0 Å². The van der Waals surface area contributed by atoms with Crippen LogP contribution in [0.5, 0.6) is 0 Å². The van der Waals surface area contributed by atoms with E-state index in [9.17, 15) is 9.90 Å². The summed E-state index contributed by atoms with van der Waals surface area (Å²) in [4.78, 5) is 11.5. The quantitative estimate of drug-likeness (QED) is 0.554. The first-order valence-electron chi connectivity index (χ1n) is 3.07. The van der Waals surface area contributed by atoms with Gasteiger partial charge in [-0.15, -0.1) is 0 Å². The van der Waals surface area contributed by atoms with Gasteiger partial charge < -0.3 is 4.90 Å². The van der Waals surface area contributed by atoms with E-state index < -0.39 is 6.09 Å². The molecule has 0 spiro atoms. The molecule has 1 amide bonds. The molecular formula is C6H12NO2. The van der Waals surface area contributed by atoms with Crippen molar-refractivity contribution in [3.05, 3.63) is 0 Å². The lowest BCUT2D eigenvalue weighted by Crippen LogP contribution is -2.34. The molecule has 9 heavy (non-hydrogen) atoms. The van der Waals surface area contributed by atoms with Crippen LogP contribution in [0, 0.1) is 0 Å². The fraction of sp³-hybridized carbons (Fsp3) is 0.833. The van der Waals surface area contributed by atoms with Crippen LogP contribution < -0.4 is 0 Å². The van der Waals surface area contributed by atoms with Crippen LogP contribution in [0.2, 0.25) is 0 Å². The SMILES string of the molecule is CCN(C([O])=O)C(C)C. The Morgan fingerprint density at radius 2 is 2.00 bits per heavy atom. The molecule has 3 heteroatoms. The van der Waals surface area contributed by atoms with Gasteiger partial charge in [0, 0.05) is 12.6 Å². The van der Waals surface area contributed by atoms with E-state index in [2.05, 4.69) is 0 Å². The first kappa shape index (κ1) is 8.27. The first-order chi connectivity index (χ1) is 4.09. The number of nitrogens with zero attached hydrogens (tertiary/aromatic N) is 1. The lowest BCUT2D eigenvalue weighted by molar-refractivity contribution is 0.110. The highest BCUT2D eigenvalue weighted by Crippen LogP contribution is 1.96. The minimum Gasteiger partial charge on any atom is -0.303 e. The largest absolute Gasteiger partial charge is 0.453 e. The number of amides is 1. The molecule has 0 N–H and O–H groups in total. The lowest BCUT2D eigenvalue weighted by Gasteiger charge is -2.19. The van der Waals surface area contributed by atoms with Gasteiger partial charge in [0.2, 0.25) is 0 Å². The van der Waals surface area contributed by atoms with Crippen LogP contribution >= 0.6 is 0 Å². The molecule has 0 atom stereocenters. The number of carbonyl (C=O) groups is 1. The Bertz CT molecular complexity index is 101. The summed E-state index contributed by atoms with van der Waals surface area (Å²) in [5.41, 5.74) is 0. The Morgan fingerprint density at radius 3 is 2.00 bits per heavy atom. The molecule has 0 saturated carbocycles. The molecule has 0 fully saturated rings. The highest BCUT2D eigenvalue weighted by molar-refractivity contribution is 5.64. The number of hydrogen-bond donors (Lipinski definition) is 0. The zero-order chi connectivity index (χ0) is 7.44. The summed E-state index contributed by atoms with van der Waals surface area (Å²) < 4.78 is 0. The average molecular weight is 130 g/mol. The molecule has 0 aliphatic heterocycles. The second kappa shape index (κ2) is 3.33. The third-order valence-electron chi connectivity index (χ3n) is 1.20. The van der Waals surface area contributed by atoms with Gasteiger partial charge in [-0.2, -0.15) is 0 Å². The Kier molecular flexibility index (Phi) is 3.06. The van der Waals surface area contributed by atoms with Crippen LogP contribution in [0.15, 0.2) is 0 Å². The molecule has 3 nitrogen and oxygen atoms in total. The minimum atomic E-state index is -1.09. The van der Waals surface area contributed by atoms with Gasteiger partial charge in [0.1, 0.15) is 0 Å². The van der Waals surface area contributed by atoms with E-state index in [1.54, 1.807) is 6.92 Å². The molecule has 0 aromatic carbocycles. The van der Waals surface area contributed by atoms with E-state index >= 15 is 0 Å². The second-order valence-corrected chi connectivity index (χ2v) is 2.15. The Balaban J connectivity index is 3.83. The van der Waals surface area contributed by atoms with Crippen LogP contribution in [0.4, 0.5) is 4.79 Å². The summed E-state index contributed by atoms with van der Waals surface area (Å²) >= 11 is 0. The van der Waals surface area contributed by atoms with E-state index in [0.717, 1.165) is 0 Å². The third-order valence-corrected chi connectivity index (χ3v) is 1.20. The van der Waals surface area contributed by atoms with Crippen LogP contribution in [-0.2, 0) is 5.11 Å². The van der Waals surface area contributed by atoms with E-state index in [4.69, 9.17) is 0 Å². The molecule has 0 aliphatic carbocycles. The number of carbonyl (C=O) groups excluding carboxylic acids is 1. The van der Waals surface area contributed by atoms with Crippen molar-refractivity contribution in [1.29, 1.82) is 0 Å². The van der Waals surface area contributed by atoms with Crippen molar-refractivity contribution >= 4 is 6.09 Å². The Morgan fingerprint density at radius 1 is 1.56 bits per heavy atom. The van der Waals surface area contributed by atoms with Crippen molar-refractivity contribution in [3.63, 3.8) is 0 Å². The van der Waals surface area contributed by atoms with Crippen molar-refractivity contribution < 1.29 is 9.90 Å². The molecule has 0 heterocycles. The summed E-state index contributed by atoms with van der Waals surface area (Å²) in [5, 5.41) is 10.2. The average Bonchev–Trinajstić information content (AvgIpc) is 1.64. The monoisotopic (exact) mass is 130 g/mol. The van der Waals surface area contributed by atoms with Crippen molar-refractivity contribution in [2.24, 2.45) is 0 Å². The fourth-order valence-electron chi connectivity index (χ4n) is 0.705. The molecular weight excluding hydrogens is 118 g/mol. The zero-order valence-corrected chi connectivity index (χ0v) is 6.05. The third kappa shape index (κ3) is 2.35. The second-order valence-electron chi connectivity index (χ2n) is 2.15. The zero-order valence-electron chi connectivity index (χ0n) is 6.05. The van der Waals surface area contributed by atoms with Crippen LogP contribution in [-0.4, -0.2) is 23.6 Å². The molecule has 0 aromatic rings. The molecule has 0 bridgehead atoms. The molecule has 0 unspecified atom stereocenters. The first-order valence-corrected chi connectivity index (χ1v) is 3.07. The number of hydrogen-bond acceptors (Lipinski definition) is 1. The summed E-state index contributed by atoms with van der Waals surface area (Å²) in [6, 6.07) is 0.0278. The standard InChI is InChI=1S/C6H12NO2/c1-4-7(5(2)3)6(8)9/h5H,4H2,1-3H3. The van der Waals surface area contributed by atoms with Crippen LogP contribution in [0.3, 0.4) is 0 Å². The van der Waals surface area contributed by atoms with Crippen molar-refractivity contribution in [2.75, 3.05) is 6.54 Å². The van der Waals surface area contributed by atoms with Crippen LogP contribution in [0.25, 0.3) is 0 Å². The smallest absolute Gasteiger partial charge is 0.303 e. The molecule has 0 saturated heterocycles. The van der Waals surface area contributed by atoms with E-state index in [1.165, 1.54) is 4.90 Å². The topological polar surface area (TPSA) is 40.2 Å². The van der Waals surface area contributed by atoms with Crippen LogP contribution in [0.1, 0.15) is 20.8 Å². The predicted molar refractivity (Wildman–Crippen MR) is 33.6 cm³/mol. The minimum absolute atomic E-state index is 0.0278. The molecule has 0 aromatic heterocycles. The van der Waals surface area contributed by atoms with Crippen molar-refractivity contribution in [3.8, 4) is 0 Å². The molecule has 0 aliphatic rings. The predicted octanol–water partition coefficient (Wildman–Crippen LogP) is 1.27. The van der Waals surface area contributed by atoms with Crippen molar-refractivity contribution in [2.45, 2.75) is 26.8 Å². The summed E-state index contributed by atoms with van der Waals surface area (Å²) in [6.07, 6.45) is -1.09. The fourth-order valence-corrected chi connectivity index (χ4v) is 0.705. The lowest BCUT2D eigenvalue weighted by atomic mass is 10.3. The Labute approximate surface area is 55.3 Å². The highest BCUT2D eigenvalue weighted by atomic mass is 16.4. The van der Waals surface area contributed by atoms with Gasteiger partial charge in [-0.05, 0) is 20.8 Å². The maximum Gasteiger partial charge on any atom is 0.453 e. The maximum atomic E-state index is 10.2. The highest BCUT2D eigenvalue weighted by Gasteiger charge is 2.13. The van der Waals surface area contributed by atoms with Gasteiger partial charge >= 0.3 is 6.09 Å². The molecule has 1 radical (unpaired) electrons. The Hall–Kier alpha value is -0.730. The van der Waals surface area contributed by atoms with Crippen molar-refractivity contribution in [1.82, 2.24) is 4.90 Å². The van der Waals surface area contributed by atoms with E-state index in [0.29, 0.717) is 6.54 Å². The van der Waals surface area contributed by atoms with Gasteiger partial charge in [-0.1, -0.05) is 0 Å². The maximum absolute atomic E-state index is 10.2. The number of rotatable bonds is 2. The van der Waals surface area contributed by atoms with Gasteiger partial charge in [0.25, 0.3) is 0 Å². The normalized spacial score (nSPS) is 9.78. The van der Waals surface area contributed by atoms with E-state index in [-0.39, 0.29) is 6.04 Å². The molecule has 53 valence electrons. The summed E-state index contributed by atoms with van der Waals surface area (Å²) in [6.45, 7) is 5.93. The van der Waals surface area contributed by atoms with Gasteiger partial charge in [0.15, 0.2) is 0 Å². The molecule has 0 rings (SSSR count). The van der Waals surface area contributed by atoms with E-state index in [1.807, 2.05) is 13.8 Å². The van der Waals surface area contributed by atoms with Gasteiger partial charge in [-0.25, -0.2) is 9.90 Å². The summed E-state index contributed by atoms with van der Waals surface area (Å²) in [7, 11) is 0. The van der Waals surface area contributed by atoms with Gasteiger partial charge in [0.05, 0.1) is 0 Å². The summed E-state index contributed by atoms with van der Waals surface area (Å²) in [5.74, 6) is 0.